The van der Waals surface area contributed by atoms with E-state index in [1.165, 1.54) is 0 Å². The molecule has 1 atom stereocenters. The summed E-state index contributed by atoms with van der Waals surface area (Å²) in [5.41, 5.74) is 1.68. The summed E-state index contributed by atoms with van der Waals surface area (Å²) in [7, 11) is 0. The molecule has 1 aromatic carbocycles. The monoisotopic (exact) mass is 310 g/mol. The highest BCUT2D eigenvalue weighted by atomic mass is 35.5. The van der Waals surface area contributed by atoms with Crippen molar-refractivity contribution < 1.29 is 5.11 Å². The molecule has 0 aromatic heterocycles. The fraction of sp³-hybridized carbons (Fsp3) is 0.647. The van der Waals surface area contributed by atoms with E-state index in [0.717, 1.165) is 48.7 Å². The number of halogens is 1. The second-order valence-corrected chi connectivity index (χ2v) is 7.19. The number of nitrogens with zero attached hydrogens (tertiary/aromatic N) is 1. The van der Waals surface area contributed by atoms with Crippen molar-refractivity contribution >= 4 is 17.3 Å². The molecule has 21 heavy (non-hydrogen) atoms. The van der Waals surface area contributed by atoms with Crippen LogP contribution in [-0.2, 0) is 6.54 Å². The molecule has 2 N–H and O–H groups in total. The highest BCUT2D eigenvalue weighted by Crippen LogP contribution is 2.31. The fourth-order valence-electron chi connectivity index (χ4n) is 2.93. The Labute approximate surface area is 133 Å². The molecular weight excluding hydrogens is 284 g/mol. The molecule has 2 rings (SSSR count). The lowest BCUT2D eigenvalue weighted by Gasteiger charge is -2.39. The topological polar surface area (TPSA) is 35.5 Å². The Kier molecular flexibility index (Phi) is 5.53. The van der Waals surface area contributed by atoms with Crippen LogP contribution in [0.4, 0.5) is 5.69 Å². The summed E-state index contributed by atoms with van der Waals surface area (Å²) >= 11 is 6.41. The predicted molar refractivity (Wildman–Crippen MR) is 90.1 cm³/mol. The molecule has 0 spiro atoms. The van der Waals surface area contributed by atoms with Gasteiger partial charge in [0.25, 0.3) is 0 Å². The van der Waals surface area contributed by atoms with Crippen molar-refractivity contribution in [1.29, 1.82) is 0 Å². The number of hydrogen-bond donors (Lipinski definition) is 2. The van der Waals surface area contributed by atoms with Crippen LogP contribution in [0.1, 0.15) is 39.2 Å². The molecule has 1 saturated heterocycles. The first-order chi connectivity index (χ1) is 9.89. The van der Waals surface area contributed by atoms with Gasteiger partial charge in [0.05, 0.1) is 5.60 Å². The molecule has 0 saturated carbocycles. The summed E-state index contributed by atoms with van der Waals surface area (Å²) < 4.78 is 0. The average Bonchev–Trinajstić information content (AvgIpc) is 2.39. The van der Waals surface area contributed by atoms with E-state index in [4.69, 9.17) is 11.6 Å². The van der Waals surface area contributed by atoms with E-state index >= 15 is 0 Å². The maximum atomic E-state index is 10.3. The molecule has 0 radical (unpaired) electrons. The molecule has 0 amide bonds. The molecule has 118 valence electrons. The van der Waals surface area contributed by atoms with Crippen molar-refractivity contribution in [2.75, 3.05) is 24.5 Å². The number of aliphatic hydroxyl groups is 1. The van der Waals surface area contributed by atoms with E-state index in [1.54, 1.807) is 0 Å². The van der Waals surface area contributed by atoms with Gasteiger partial charge >= 0.3 is 0 Å². The Bertz CT molecular complexity index is 474. The van der Waals surface area contributed by atoms with Gasteiger partial charge in [0.2, 0.25) is 0 Å². The van der Waals surface area contributed by atoms with Gasteiger partial charge in [-0.15, -0.1) is 0 Å². The van der Waals surface area contributed by atoms with Crippen molar-refractivity contribution in [2.24, 2.45) is 5.92 Å². The lowest BCUT2D eigenvalue weighted by Crippen LogP contribution is -2.46. The summed E-state index contributed by atoms with van der Waals surface area (Å²) in [4.78, 5) is 2.27. The summed E-state index contributed by atoms with van der Waals surface area (Å²) in [6, 6.07) is 6.05. The third kappa shape index (κ3) is 4.60. The van der Waals surface area contributed by atoms with Crippen molar-refractivity contribution in [1.82, 2.24) is 5.32 Å². The molecule has 1 aliphatic heterocycles. The largest absolute Gasteiger partial charge is 0.388 e. The standard InChI is InChI=1S/C17H27ClN2O/c1-13(2)10-19-11-14-15(18)6-4-7-16(14)20-9-5-8-17(3,21)12-20/h4,6-7,13,19,21H,5,8-12H2,1-3H3. The van der Waals surface area contributed by atoms with Crippen molar-refractivity contribution in [3.63, 3.8) is 0 Å². The van der Waals surface area contributed by atoms with Crippen LogP contribution in [0, 0.1) is 5.92 Å². The van der Waals surface area contributed by atoms with Gasteiger partial charge in [-0.3, -0.25) is 0 Å². The zero-order chi connectivity index (χ0) is 15.5. The molecule has 3 nitrogen and oxygen atoms in total. The van der Waals surface area contributed by atoms with Gasteiger partial charge in [-0.05, 0) is 44.4 Å². The van der Waals surface area contributed by atoms with Crippen LogP contribution in [0.2, 0.25) is 5.02 Å². The molecular formula is C17H27ClN2O. The van der Waals surface area contributed by atoms with Crippen LogP contribution in [0.25, 0.3) is 0 Å². The number of piperidine rings is 1. The fourth-order valence-corrected chi connectivity index (χ4v) is 3.17. The zero-order valence-corrected chi connectivity index (χ0v) is 14.1. The SMILES string of the molecule is CC(C)CNCc1c(Cl)cccc1N1CCCC(C)(O)C1. The number of benzene rings is 1. The lowest BCUT2D eigenvalue weighted by atomic mass is 9.94. The van der Waals surface area contributed by atoms with E-state index < -0.39 is 5.60 Å². The maximum absolute atomic E-state index is 10.3. The molecule has 1 heterocycles. The highest BCUT2D eigenvalue weighted by molar-refractivity contribution is 6.31. The summed E-state index contributed by atoms with van der Waals surface area (Å²) in [6.45, 7) is 9.71. The first-order valence-electron chi connectivity index (χ1n) is 7.84. The van der Waals surface area contributed by atoms with Gasteiger partial charge in [-0.25, -0.2) is 0 Å². The Balaban J connectivity index is 2.16. The molecule has 1 aromatic rings. The second-order valence-electron chi connectivity index (χ2n) is 6.78. The van der Waals surface area contributed by atoms with E-state index in [9.17, 15) is 5.11 Å². The Morgan fingerprint density at radius 3 is 2.86 bits per heavy atom. The Hall–Kier alpha value is -0.770. The van der Waals surface area contributed by atoms with Crippen LogP contribution in [-0.4, -0.2) is 30.3 Å². The predicted octanol–water partition coefficient (Wildman–Crippen LogP) is 3.44. The van der Waals surface area contributed by atoms with Crippen molar-refractivity contribution in [3.8, 4) is 0 Å². The van der Waals surface area contributed by atoms with Crippen LogP contribution in [0.3, 0.4) is 0 Å². The third-order valence-electron chi connectivity index (χ3n) is 3.96. The van der Waals surface area contributed by atoms with Crippen LogP contribution < -0.4 is 10.2 Å². The smallest absolute Gasteiger partial charge is 0.0794 e. The van der Waals surface area contributed by atoms with Gasteiger partial charge in [0.15, 0.2) is 0 Å². The minimum Gasteiger partial charge on any atom is -0.388 e. The first kappa shape index (κ1) is 16.6. The lowest BCUT2D eigenvalue weighted by molar-refractivity contribution is 0.0449. The third-order valence-corrected chi connectivity index (χ3v) is 4.32. The Morgan fingerprint density at radius 2 is 2.19 bits per heavy atom. The zero-order valence-electron chi connectivity index (χ0n) is 13.3. The number of nitrogens with one attached hydrogen (secondary N) is 1. The van der Waals surface area contributed by atoms with E-state index in [1.807, 2.05) is 19.1 Å². The molecule has 1 aliphatic rings. The van der Waals surface area contributed by atoms with Crippen LogP contribution in [0.15, 0.2) is 18.2 Å². The number of anilines is 1. The average molecular weight is 311 g/mol. The van der Waals surface area contributed by atoms with E-state index in [0.29, 0.717) is 12.5 Å². The van der Waals surface area contributed by atoms with Gasteiger partial charge in [0, 0.05) is 35.9 Å². The summed E-state index contributed by atoms with van der Waals surface area (Å²) in [5, 5.41) is 14.6. The molecule has 1 unspecified atom stereocenters. The molecule has 4 heteroatoms. The first-order valence-corrected chi connectivity index (χ1v) is 8.22. The number of hydrogen-bond acceptors (Lipinski definition) is 3. The van der Waals surface area contributed by atoms with Gasteiger partial charge in [-0.1, -0.05) is 31.5 Å². The molecule has 0 aliphatic carbocycles. The summed E-state index contributed by atoms with van der Waals surface area (Å²) in [5.74, 6) is 0.617. The van der Waals surface area contributed by atoms with Crippen LogP contribution in [0.5, 0.6) is 0 Å². The molecule has 0 bridgehead atoms. The highest BCUT2D eigenvalue weighted by Gasteiger charge is 2.29. The molecule has 1 fully saturated rings. The van der Waals surface area contributed by atoms with Crippen molar-refractivity contribution in [2.45, 2.75) is 45.8 Å². The van der Waals surface area contributed by atoms with E-state index in [-0.39, 0.29) is 0 Å². The summed E-state index contributed by atoms with van der Waals surface area (Å²) in [6.07, 6.45) is 1.88. The maximum Gasteiger partial charge on any atom is 0.0794 e. The normalized spacial score (nSPS) is 22.9. The van der Waals surface area contributed by atoms with Crippen molar-refractivity contribution in [3.05, 3.63) is 28.8 Å². The van der Waals surface area contributed by atoms with Crippen LogP contribution >= 0.6 is 11.6 Å². The van der Waals surface area contributed by atoms with Gasteiger partial charge < -0.3 is 15.3 Å². The van der Waals surface area contributed by atoms with Gasteiger partial charge in [-0.2, -0.15) is 0 Å². The second kappa shape index (κ2) is 6.99. The minimum atomic E-state index is -0.608. The number of β-amino-alcohol motifs (C(OH)–C–C–N with tert-alkyl or cyclic N) is 1. The number of rotatable bonds is 5. The minimum absolute atomic E-state index is 0.608. The quantitative estimate of drug-likeness (QED) is 0.874. The van der Waals surface area contributed by atoms with Gasteiger partial charge in [0.1, 0.15) is 0 Å². The Morgan fingerprint density at radius 1 is 1.43 bits per heavy atom. The van der Waals surface area contributed by atoms with E-state index in [2.05, 4.69) is 30.1 Å².